The summed E-state index contributed by atoms with van der Waals surface area (Å²) in [7, 11) is 0. The van der Waals surface area contributed by atoms with Crippen molar-refractivity contribution in [1.82, 2.24) is 0 Å². The van der Waals surface area contributed by atoms with Crippen LogP contribution in [0.5, 0.6) is 0 Å². The van der Waals surface area contributed by atoms with Crippen LogP contribution in [0.15, 0.2) is 48.1 Å². The van der Waals surface area contributed by atoms with Crippen LogP contribution in [-0.4, -0.2) is 0 Å². The highest BCUT2D eigenvalue weighted by Gasteiger charge is 2.23. The van der Waals surface area contributed by atoms with E-state index in [4.69, 9.17) is 0 Å². The van der Waals surface area contributed by atoms with Crippen LogP contribution in [0.2, 0.25) is 0 Å². The Balaban J connectivity index is 1.70. The average Bonchev–Trinajstić information content (AvgIpc) is 2.49. The Morgan fingerprint density at radius 3 is 2.33 bits per heavy atom. The van der Waals surface area contributed by atoms with Crippen molar-refractivity contribution in [2.75, 3.05) is 0 Å². The molecule has 0 fully saturated rings. The van der Waals surface area contributed by atoms with Crippen LogP contribution in [0.4, 0.5) is 0 Å². The van der Waals surface area contributed by atoms with E-state index in [-0.39, 0.29) is 0 Å². The maximum Gasteiger partial charge on any atom is -0.0128 e. The summed E-state index contributed by atoms with van der Waals surface area (Å²) >= 11 is 0. The molecular weight excluding hydrogens is 216 g/mol. The van der Waals surface area contributed by atoms with Crippen LogP contribution in [0.3, 0.4) is 0 Å². The third-order valence-corrected chi connectivity index (χ3v) is 4.78. The van der Waals surface area contributed by atoms with Crippen molar-refractivity contribution in [2.45, 2.75) is 44.9 Å². The predicted molar refractivity (Wildman–Crippen MR) is 78.3 cm³/mol. The summed E-state index contributed by atoms with van der Waals surface area (Å²) < 4.78 is 0. The molecule has 0 aromatic heterocycles. The summed E-state index contributed by atoms with van der Waals surface area (Å²) in [4.78, 5) is 0. The molecule has 0 saturated heterocycles. The first-order chi connectivity index (χ1) is 8.93. The number of allylic oxidation sites excluding steroid dienone is 8. The molecule has 0 aliphatic heterocycles. The molecule has 0 heteroatoms. The molecule has 0 heterocycles. The first kappa shape index (κ1) is 12.0. The van der Waals surface area contributed by atoms with Crippen LogP contribution in [0, 0.1) is 17.8 Å². The quantitative estimate of drug-likeness (QED) is 0.582. The van der Waals surface area contributed by atoms with Gasteiger partial charge in [-0.2, -0.15) is 0 Å². The average molecular weight is 240 g/mol. The lowest BCUT2D eigenvalue weighted by Gasteiger charge is -2.30. The fourth-order valence-corrected chi connectivity index (χ4v) is 3.63. The fraction of sp³-hybridized carbons (Fsp3) is 0.556. The van der Waals surface area contributed by atoms with Gasteiger partial charge in [-0.1, -0.05) is 42.5 Å². The Kier molecular flexibility index (Phi) is 3.83. The highest BCUT2D eigenvalue weighted by atomic mass is 14.3. The maximum absolute atomic E-state index is 2.62. The molecule has 0 spiro atoms. The van der Waals surface area contributed by atoms with Gasteiger partial charge < -0.3 is 0 Å². The van der Waals surface area contributed by atoms with Crippen LogP contribution in [0.1, 0.15) is 44.9 Å². The Bertz CT molecular complexity index is 394. The van der Waals surface area contributed by atoms with Crippen molar-refractivity contribution in [3.8, 4) is 0 Å². The third kappa shape index (κ3) is 2.68. The summed E-state index contributed by atoms with van der Waals surface area (Å²) in [6.07, 6.45) is 26.0. The zero-order chi connectivity index (χ0) is 12.2. The Hall–Kier alpha value is -1.04. The van der Waals surface area contributed by atoms with Gasteiger partial charge in [0.05, 0.1) is 0 Å². The van der Waals surface area contributed by atoms with Crippen molar-refractivity contribution in [3.63, 3.8) is 0 Å². The molecule has 3 rings (SSSR count). The van der Waals surface area contributed by atoms with E-state index in [0.717, 1.165) is 17.8 Å². The molecular formula is C18H24. The number of hydrogen-bond acceptors (Lipinski definition) is 0. The number of rotatable bonds is 2. The topological polar surface area (TPSA) is 0 Å². The molecule has 3 atom stereocenters. The van der Waals surface area contributed by atoms with Gasteiger partial charge in [-0.15, -0.1) is 0 Å². The second-order valence-corrected chi connectivity index (χ2v) is 5.99. The first-order valence-electron chi connectivity index (χ1n) is 7.62. The molecule has 0 saturated carbocycles. The minimum absolute atomic E-state index is 0.799. The zero-order valence-electron chi connectivity index (χ0n) is 11.2. The second kappa shape index (κ2) is 5.73. The smallest absolute Gasteiger partial charge is 0.0128 e. The normalized spacial score (nSPS) is 35.6. The van der Waals surface area contributed by atoms with E-state index in [2.05, 4.69) is 42.5 Å². The zero-order valence-corrected chi connectivity index (χ0v) is 11.2. The van der Waals surface area contributed by atoms with E-state index < -0.39 is 0 Å². The summed E-state index contributed by atoms with van der Waals surface area (Å²) in [5, 5.41) is 0. The summed E-state index contributed by atoms with van der Waals surface area (Å²) in [5.74, 6) is 2.50. The van der Waals surface area contributed by atoms with E-state index in [0.29, 0.717) is 0 Å². The standard InChI is InChI=1S/C18H24/c1-3-8-15(9-4-1)17-12-7-13-18(14-17)16-10-5-2-6-11-16/h1-3,5,7,12,14-16,18H,4,6,8-11,13H2. The van der Waals surface area contributed by atoms with Crippen molar-refractivity contribution >= 4 is 0 Å². The lowest BCUT2D eigenvalue weighted by atomic mass is 9.75. The molecule has 3 unspecified atom stereocenters. The molecule has 0 amide bonds. The van der Waals surface area contributed by atoms with Crippen molar-refractivity contribution in [1.29, 1.82) is 0 Å². The van der Waals surface area contributed by atoms with Crippen molar-refractivity contribution in [2.24, 2.45) is 17.8 Å². The third-order valence-electron chi connectivity index (χ3n) is 4.78. The van der Waals surface area contributed by atoms with Gasteiger partial charge in [-0.25, -0.2) is 0 Å². The van der Waals surface area contributed by atoms with Crippen LogP contribution in [-0.2, 0) is 0 Å². The second-order valence-electron chi connectivity index (χ2n) is 5.99. The largest absolute Gasteiger partial charge is 0.0885 e. The molecule has 18 heavy (non-hydrogen) atoms. The van der Waals surface area contributed by atoms with Gasteiger partial charge in [-0.3, -0.25) is 0 Å². The van der Waals surface area contributed by atoms with E-state index >= 15 is 0 Å². The molecule has 3 aliphatic rings. The van der Waals surface area contributed by atoms with Gasteiger partial charge >= 0.3 is 0 Å². The van der Waals surface area contributed by atoms with Gasteiger partial charge in [0, 0.05) is 0 Å². The highest BCUT2D eigenvalue weighted by molar-refractivity contribution is 5.28. The van der Waals surface area contributed by atoms with Gasteiger partial charge in [0.25, 0.3) is 0 Å². The molecule has 0 N–H and O–H groups in total. The SMILES string of the molecule is C1=CCC(C2=CC(C3CC=CCC3)CC=C2)CC1. The van der Waals surface area contributed by atoms with Gasteiger partial charge in [-0.05, 0) is 68.3 Å². The highest BCUT2D eigenvalue weighted by Crippen LogP contribution is 2.36. The monoisotopic (exact) mass is 240 g/mol. The van der Waals surface area contributed by atoms with Crippen molar-refractivity contribution < 1.29 is 0 Å². The minimum Gasteiger partial charge on any atom is -0.0885 e. The summed E-state index contributed by atoms with van der Waals surface area (Å²) in [6.45, 7) is 0. The van der Waals surface area contributed by atoms with Gasteiger partial charge in [0.1, 0.15) is 0 Å². The Labute approximate surface area is 111 Å². The van der Waals surface area contributed by atoms with Crippen LogP contribution < -0.4 is 0 Å². The number of hydrogen-bond donors (Lipinski definition) is 0. The lowest BCUT2D eigenvalue weighted by Crippen LogP contribution is -2.17. The Morgan fingerprint density at radius 2 is 1.61 bits per heavy atom. The van der Waals surface area contributed by atoms with Gasteiger partial charge in [0.2, 0.25) is 0 Å². The molecule has 0 bridgehead atoms. The van der Waals surface area contributed by atoms with E-state index in [1.54, 1.807) is 5.57 Å². The van der Waals surface area contributed by atoms with Crippen molar-refractivity contribution in [3.05, 3.63) is 48.1 Å². The first-order valence-corrected chi connectivity index (χ1v) is 7.62. The van der Waals surface area contributed by atoms with E-state index in [1.807, 2.05) is 0 Å². The fourth-order valence-electron chi connectivity index (χ4n) is 3.63. The molecule has 0 nitrogen and oxygen atoms in total. The molecule has 3 aliphatic carbocycles. The van der Waals surface area contributed by atoms with E-state index in [9.17, 15) is 0 Å². The predicted octanol–water partition coefficient (Wildman–Crippen LogP) is 5.20. The molecule has 0 aromatic rings. The summed E-state index contributed by atoms with van der Waals surface area (Å²) in [6, 6.07) is 0. The van der Waals surface area contributed by atoms with Crippen LogP contribution in [0.25, 0.3) is 0 Å². The van der Waals surface area contributed by atoms with Gasteiger partial charge in [0.15, 0.2) is 0 Å². The molecule has 96 valence electrons. The Morgan fingerprint density at radius 1 is 0.778 bits per heavy atom. The molecule has 0 aromatic carbocycles. The minimum atomic E-state index is 0.799. The van der Waals surface area contributed by atoms with E-state index in [1.165, 1.54) is 44.9 Å². The summed E-state index contributed by atoms with van der Waals surface area (Å²) in [5.41, 5.74) is 1.63. The molecule has 0 radical (unpaired) electrons. The maximum atomic E-state index is 2.62. The lowest BCUT2D eigenvalue weighted by molar-refractivity contribution is 0.360. The van der Waals surface area contributed by atoms with Crippen LogP contribution >= 0.6 is 0 Å².